The number of hydrogen-bond donors (Lipinski definition) is 1. The van der Waals surface area contributed by atoms with Gasteiger partial charge in [-0.15, -0.1) is 0 Å². The van der Waals surface area contributed by atoms with Crippen molar-refractivity contribution in [3.8, 4) is 11.3 Å². The van der Waals surface area contributed by atoms with Gasteiger partial charge in [-0.25, -0.2) is 4.98 Å². The molecule has 1 N–H and O–H groups in total. The predicted molar refractivity (Wildman–Crippen MR) is 80.5 cm³/mol. The van der Waals surface area contributed by atoms with Crippen molar-refractivity contribution in [3.05, 3.63) is 42.2 Å². The van der Waals surface area contributed by atoms with Gasteiger partial charge in [0.15, 0.2) is 0 Å². The zero-order chi connectivity index (χ0) is 14.8. The second kappa shape index (κ2) is 5.41. The van der Waals surface area contributed by atoms with E-state index in [1.165, 1.54) is 12.5 Å². The molecule has 2 aromatic heterocycles. The number of carbonyl (C=O) groups excluding carboxylic acids is 1. The Morgan fingerprint density at radius 1 is 1.15 bits per heavy atom. The smallest absolute Gasteiger partial charge is 0.222 e. The molecule has 2 aromatic rings. The van der Waals surface area contributed by atoms with Gasteiger partial charge in [0.2, 0.25) is 5.91 Å². The highest BCUT2D eigenvalue weighted by atomic mass is 16.1. The summed E-state index contributed by atoms with van der Waals surface area (Å²) >= 11 is 0. The number of amides is 1. The SMILES string of the molecule is CC(=O)Nc1ccc(-c2ncccc2C(C)(C)C)cn1. The third kappa shape index (κ3) is 3.20. The normalized spacial score (nSPS) is 11.2. The van der Waals surface area contributed by atoms with Crippen molar-refractivity contribution in [1.29, 1.82) is 0 Å². The molecule has 0 bridgehead atoms. The number of hydrogen-bond acceptors (Lipinski definition) is 3. The quantitative estimate of drug-likeness (QED) is 0.909. The van der Waals surface area contributed by atoms with E-state index in [0.29, 0.717) is 5.82 Å². The second-order valence-electron chi connectivity index (χ2n) is 5.76. The number of nitrogens with one attached hydrogen (secondary N) is 1. The van der Waals surface area contributed by atoms with E-state index in [2.05, 4.69) is 42.1 Å². The van der Waals surface area contributed by atoms with Gasteiger partial charge in [0.25, 0.3) is 0 Å². The first-order valence-corrected chi connectivity index (χ1v) is 6.57. The van der Waals surface area contributed by atoms with Crippen LogP contribution in [0, 0.1) is 0 Å². The fourth-order valence-corrected chi connectivity index (χ4v) is 2.03. The van der Waals surface area contributed by atoms with Gasteiger partial charge in [-0.05, 0) is 29.2 Å². The minimum atomic E-state index is -0.126. The number of carbonyl (C=O) groups is 1. The number of aromatic nitrogens is 2. The lowest BCUT2D eigenvalue weighted by molar-refractivity contribution is -0.114. The molecule has 20 heavy (non-hydrogen) atoms. The molecule has 0 aliphatic carbocycles. The van der Waals surface area contributed by atoms with Gasteiger partial charge in [-0.3, -0.25) is 9.78 Å². The molecule has 0 fully saturated rings. The molecule has 4 nitrogen and oxygen atoms in total. The van der Waals surface area contributed by atoms with Crippen molar-refractivity contribution in [2.45, 2.75) is 33.1 Å². The highest BCUT2D eigenvalue weighted by Gasteiger charge is 2.19. The second-order valence-corrected chi connectivity index (χ2v) is 5.76. The lowest BCUT2D eigenvalue weighted by Gasteiger charge is -2.22. The van der Waals surface area contributed by atoms with Crippen LogP contribution in [-0.4, -0.2) is 15.9 Å². The molecule has 0 aliphatic rings. The summed E-state index contributed by atoms with van der Waals surface area (Å²) in [6, 6.07) is 7.75. The number of rotatable bonds is 2. The Bertz CT molecular complexity index is 612. The maximum Gasteiger partial charge on any atom is 0.222 e. The number of nitrogens with zero attached hydrogens (tertiary/aromatic N) is 2. The minimum absolute atomic E-state index is 0.0138. The van der Waals surface area contributed by atoms with Gasteiger partial charge >= 0.3 is 0 Å². The van der Waals surface area contributed by atoms with Crippen LogP contribution >= 0.6 is 0 Å². The summed E-state index contributed by atoms with van der Waals surface area (Å²) in [7, 11) is 0. The fourth-order valence-electron chi connectivity index (χ4n) is 2.03. The largest absolute Gasteiger partial charge is 0.311 e. The Morgan fingerprint density at radius 2 is 1.90 bits per heavy atom. The molecule has 4 heteroatoms. The Morgan fingerprint density at radius 3 is 2.45 bits per heavy atom. The Hall–Kier alpha value is -2.23. The van der Waals surface area contributed by atoms with Crippen LogP contribution < -0.4 is 5.32 Å². The third-order valence-corrected chi connectivity index (χ3v) is 2.96. The highest BCUT2D eigenvalue weighted by Crippen LogP contribution is 2.30. The number of anilines is 1. The fraction of sp³-hybridized carbons (Fsp3) is 0.312. The van der Waals surface area contributed by atoms with Gasteiger partial charge in [-0.2, -0.15) is 0 Å². The van der Waals surface area contributed by atoms with Crippen molar-refractivity contribution < 1.29 is 4.79 Å². The first-order chi connectivity index (χ1) is 9.38. The summed E-state index contributed by atoms with van der Waals surface area (Å²) in [6.45, 7) is 7.94. The zero-order valence-corrected chi connectivity index (χ0v) is 12.3. The first-order valence-electron chi connectivity index (χ1n) is 6.57. The molecule has 2 heterocycles. The van der Waals surface area contributed by atoms with Crippen LogP contribution in [0.15, 0.2) is 36.7 Å². The molecule has 0 saturated carbocycles. The summed E-state index contributed by atoms with van der Waals surface area (Å²) in [4.78, 5) is 19.7. The maximum atomic E-state index is 11.0. The van der Waals surface area contributed by atoms with Crippen molar-refractivity contribution in [3.63, 3.8) is 0 Å². The first kappa shape index (κ1) is 14.2. The van der Waals surface area contributed by atoms with Gasteiger partial charge in [0.1, 0.15) is 5.82 Å². The Labute approximate surface area is 119 Å². The van der Waals surface area contributed by atoms with E-state index in [1.807, 2.05) is 12.1 Å². The summed E-state index contributed by atoms with van der Waals surface area (Å²) in [5.74, 6) is 0.424. The van der Waals surface area contributed by atoms with Crippen molar-refractivity contribution in [2.24, 2.45) is 0 Å². The molecule has 0 aromatic carbocycles. The van der Waals surface area contributed by atoms with E-state index in [9.17, 15) is 4.79 Å². The van der Waals surface area contributed by atoms with Crippen LogP contribution in [-0.2, 0) is 10.2 Å². The van der Waals surface area contributed by atoms with Crippen LogP contribution in [0.2, 0.25) is 0 Å². The van der Waals surface area contributed by atoms with Crippen molar-refractivity contribution >= 4 is 11.7 Å². The average molecular weight is 269 g/mol. The summed E-state index contributed by atoms with van der Waals surface area (Å²) in [6.07, 6.45) is 3.52. The van der Waals surface area contributed by atoms with Crippen LogP contribution in [0.4, 0.5) is 5.82 Å². The van der Waals surface area contributed by atoms with E-state index in [4.69, 9.17) is 0 Å². The predicted octanol–water partition coefficient (Wildman–Crippen LogP) is 3.40. The molecule has 0 saturated heterocycles. The zero-order valence-electron chi connectivity index (χ0n) is 12.3. The molecular formula is C16H19N3O. The average Bonchev–Trinajstić information content (AvgIpc) is 2.38. The van der Waals surface area contributed by atoms with Gasteiger partial charge in [0, 0.05) is 24.9 Å². The minimum Gasteiger partial charge on any atom is -0.311 e. The van der Waals surface area contributed by atoms with E-state index in [1.54, 1.807) is 18.5 Å². The molecule has 1 amide bonds. The van der Waals surface area contributed by atoms with E-state index in [-0.39, 0.29) is 11.3 Å². The van der Waals surface area contributed by atoms with E-state index < -0.39 is 0 Å². The van der Waals surface area contributed by atoms with Gasteiger partial charge in [-0.1, -0.05) is 26.8 Å². The molecule has 0 spiro atoms. The standard InChI is InChI=1S/C16H19N3O/c1-11(20)19-14-8-7-12(10-18-14)15-13(16(2,3)4)6-5-9-17-15/h5-10H,1-4H3,(H,18,19,20). The van der Waals surface area contributed by atoms with Crippen molar-refractivity contribution in [1.82, 2.24) is 9.97 Å². The molecule has 0 atom stereocenters. The number of pyridine rings is 2. The highest BCUT2D eigenvalue weighted by molar-refractivity contribution is 5.87. The molecule has 0 aliphatic heterocycles. The van der Waals surface area contributed by atoms with E-state index >= 15 is 0 Å². The lowest BCUT2D eigenvalue weighted by atomic mass is 9.84. The molecule has 0 unspecified atom stereocenters. The van der Waals surface area contributed by atoms with Crippen LogP contribution in [0.1, 0.15) is 33.3 Å². The topological polar surface area (TPSA) is 54.9 Å². The van der Waals surface area contributed by atoms with Crippen LogP contribution in [0.3, 0.4) is 0 Å². The molecule has 104 valence electrons. The molecular weight excluding hydrogens is 250 g/mol. The maximum absolute atomic E-state index is 11.0. The Balaban J connectivity index is 2.40. The van der Waals surface area contributed by atoms with Gasteiger partial charge < -0.3 is 5.32 Å². The third-order valence-electron chi connectivity index (χ3n) is 2.96. The van der Waals surface area contributed by atoms with Crippen molar-refractivity contribution in [2.75, 3.05) is 5.32 Å². The lowest BCUT2D eigenvalue weighted by Crippen LogP contribution is -2.13. The van der Waals surface area contributed by atoms with Crippen LogP contribution in [0.5, 0.6) is 0 Å². The molecule has 2 rings (SSSR count). The summed E-state index contributed by atoms with van der Waals surface area (Å²) < 4.78 is 0. The Kier molecular flexibility index (Phi) is 3.84. The van der Waals surface area contributed by atoms with E-state index in [0.717, 1.165) is 11.3 Å². The summed E-state index contributed by atoms with van der Waals surface area (Å²) in [5.41, 5.74) is 3.07. The monoisotopic (exact) mass is 269 g/mol. The summed E-state index contributed by atoms with van der Waals surface area (Å²) in [5, 5.41) is 2.66. The van der Waals surface area contributed by atoms with Gasteiger partial charge in [0.05, 0.1) is 5.69 Å². The molecule has 0 radical (unpaired) electrons. The van der Waals surface area contributed by atoms with Crippen LogP contribution in [0.25, 0.3) is 11.3 Å².